The molecule has 170 valence electrons. The number of nitrogens with zero attached hydrogens (tertiary/aromatic N) is 6. The monoisotopic (exact) mass is 436 g/mol. The van der Waals surface area contributed by atoms with E-state index in [1.807, 2.05) is 36.9 Å². The van der Waals surface area contributed by atoms with Gasteiger partial charge in [0.2, 0.25) is 5.43 Å². The molecule has 0 aromatic carbocycles. The molecule has 1 aliphatic rings. The van der Waals surface area contributed by atoms with Crippen LogP contribution in [0.15, 0.2) is 35.5 Å². The number of hydrogen-bond donors (Lipinski definition) is 0. The predicted molar refractivity (Wildman–Crippen MR) is 125 cm³/mol. The van der Waals surface area contributed by atoms with Crippen molar-refractivity contribution in [3.63, 3.8) is 0 Å². The van der Waals surface area contributed by atoms with Crippen molar-refractivity contribution < 1.29 is 4.79 Å². The van der Waals surface area contributed by atoms with E-state index >= 15 is 0 Å². The highest BCUT2D eigenvalue weighted by atomic mass is 16.2. The second-order valence-electron chi connectivity index (χ2n) is 8.75. The lowest BCUT2D eigenvalue weighted by Crippen LogP contribution is -2.50. The molecule has 0 radical (unpaired) electrons. The Kier molecular flexibility index (Phi) is 6.41. The molecule has 1 aliphatic heterocycles. The normalized spacial score (nSPS) is 15.1. The Balaban J connectivity index is 1.44. The first-order valence-electron chi connectivity index (χ1n) is 11.4. The molecule has 8 nitrogen and oxygen atoms in total. The molecule has 1 saturated heterocycles. The zero-order valence-corrected chi connectivity index (χ0v) is 19.4. The summed E-state index contributed by atoms with van der Waals surface area (Å²) in [6.07, 6.45) is 5.57. The largest absolute Gasteiger partial charge is 0.336 e. The molecule has 32 heavy (non-hydrogen) atoms. The van der Waals surface area contributed by atoms with Gasteiger partial charge in [-0.25, -0.2) is 9.97 Å². The predicted octanol–water partition coefficient (Wildman–Crippen LogP) is 2.50. The van der Waals surface area contributed by atoms with Crippen molar-refractivity contribution in [1.29, 1.82) is 0 Å². The molecule has 0 bridgehead atoms. The highest BCUT2D eigenvalue weighted by Gasteiger charge is 2.25. The second kappa shape index (κ2) is 9.24. The van der Waals surface area contributed by atoms with E-state index in [1.54, 1.807) is 17.2 Å². The molecular formula is C24H32N6O2. The number of rotatable bonds is 6. The standard InChI is InChI=1S/C24H32N6O2/c1-5-28-16-20(21(31)19-7-6-18(4)26-23(19)28)24(32)30-14-11-27(12-15-30)10-13-29-9-8-25-22(29)17(2)3/h6-9,16-17H,5,10-15H2,1-4H3. The van der Waals surface area contributed by atoms with Crippen LogP contribution in [0.2, 0.25) is 0 Å². The van der Waals surface area contributed by atoms with E-state index in [0.717, 1.165) is 37.7 Å². The molecule has 4 heterocycles. The van der Waals surface area contributed by atoms with Crippen LogP contribution in [0.1, 0.15) is 48.6 Å². The summed E-state index contributed by atoms with van der Waals surface area (Å²) in [6.45, 7) is 13.5. The third-order valence-corrected chi connectivity index (χ3v) is 6.21. The maximum absolute atomic E-state index is 13.2. The van der Waals surface area contributed by atoms with Crippen LogP contribution in [0.25, 0.3) is 11.0 Å². The quantitative estimate of drug-likeness (QED) is 0.593. The van der Waals surface area contributed by atoms with E-state index in [4.69, 9.17) is 0 Å². The number of hydrogen-bond acceptors (Lipinski definition) is 5. The fraction of sp³-hybridized carbons (Fsp3) is 0.500. The Morgan fingerprint density at radius 3 is 2.53 bits per heavy atom. The fourth-order valence-electron chi connectivity index (χ4n) is 4.36. The van der Waals surface area contributed by atoms with Crippen molar-refractivity contribution in [2.24, 2.45) is 0 Å². The number of fused-ring (bicyclic) bond motifs is 1. The summed E-state index contributed by atoms with van der Waals surface area (Å²) in [6, 6.07) is 3.60. The van der Waals surface area contributed by atoms with Gasteiger partial charge in [0.1, 0.15) is 17.0 Å². The fourth-order valence-corrected chi connectivity index (χ4v) is 4.36. The van der Waals surface area contributed by atoms with Crippen molar-refractivity contribution in [2.45, 2.75) is 46.7 Å². The van der Waals surface area contributed by atoms with E-state index in [-0.39, 0.29) is 16.9 Å². The van der Waals surface area contributed by atoms with Gasteiger partial charge in [-0.05, 0) is 26.0 Å². The third-order valence-electron chi connectivity index (χ3n) is 6.21. The van der Waals surface area contributed by atoms with Gasteiger partial charge in [-0.15, -0.1) is 0 Å². The van der Waals surface area contributed by atoms with Gasteiger partial charge < -0.3 is 14.0 Å². The van der Waals surface area contributed by atoms with E-state index < -0.39 is 0 Å². The molecule has 0 unspecified atom stereocenters. The molecule has 1 fully saturated rings. The SMILES string of the molecule is CCn1cc(C(=O)N2CCN(CCn3ccnc3C(C)C)CC2)c(=O)c2ccc(C)nc21. The second-order valence-corrected chi connectivity index (χ2v) is 8.75. The molecule has 0 spiro atoms. The van der Waals surface area contributed by atoms with Crippen LogP contribution in [-0.2, 0) is 13.1 Å². The Hall–Kier alpha value is -3.00. The maximum atomic E-state index is 13.2. The van der Waals surface area contributed by atoms with Crippen molar-refractivity contribution in [3.8, 4) is 0 Å². The van der Waals surface area contributed by atoms with Crippen molar-refractivity contribution in [2.75, 3.05) is 32.7 Å². The van der Waals surface area contributed by atoms with Crippen LogP contribution in [0.4, 0.5) is 0 Å². The molecule has 3 aromatic rings. The topological polar surface area (TPSA) is 76.3 Å². The summed E-state index contributed by atoms with van der Waals surface area (Å²) in [5.41, 5.74) is 1.49. The lowest BCUT2D eigenvalue weighted by molar-refractivity contribution is 0.0631. The van der Waals surface area contributed by atoms with Crippen molar-refractivity contribution >= 4 is 16.9 Å². The molecule has 0 N–H and O–H groups in total. The van der Waals surface area contributed by atoms with Gasteiger partial charge in [-0.1, -0.05) is 13.8 Å². The summed E-state index contributed by atoms with van der Waals surface area (Å²) in [5, 5.41) is 0.503. The highest BCUT2D eigenvalue weighted by molar-refractivity contribution is 5.97. The van der Waals surface area contributed by atoms with Crippen LogP contribution in [-0.4, -0.2) is 67.5 Å². The average molecular weight is 437 g/mol. The number of amides is 1. The molecule has 0 atom stereocenters. The smallest absolute Gasteiger partial charge is 0.259 e. The molecule has 0 aliphatic carbocycles. The minimum absolute atomic E-state index is 0.184. The average Bonchev–Trinajstić information content (AvgIpc) is 3.27. The van der Waals surface area contributed by atoms with Crippen LogP contribution in [0, 0.1) is 6.92 Å². The van der Waals surface area contributed by atoms with Gasteiger partial charge in [0, 0.05) is 76.0 Å². The third kappa shape index (κ3) is 4.32. The lowest BCUT2D eigenvalue weighted by Gasteiger charge is -2.35. The summed E-state index contributed by atoms with van der Waals surface area (Å²) in [5.74, 6) is 1.32. The van der Waals surface area contributed by atoms with Crippen molar-refractivity contribution in [3.05, 3.63) is 58.0 Å². The molecule has 3 aromatic heterocycles. The molecular weight excluding hydrogens is 404 g/mol. The lowest BCUT2D eigenvalue weighted by atomic mass is 10.1. The first kappa shape index (κ1) is 22.2. The molecule has 1 amide bonds. The number of carbonyl (C=O) groups excluding carboxylic acids is 1. The Bertz CT molecular complexity index is 1170. The minimum atomic E-state index is -0.231. The Labute approximate surface area is 188 Å². The van der Waals surface area contributed by atoms with Crippen LogP contribution < -0.4 is 5.43 Å². The zero-order chi connectivity index (χ0) is 22.8. The number of imidazole rings is 1. The van der Waals surface area contributed by atoms with Crippen LogP contribution in [0.3, 0.4) is 0 Å². The van der Waals surface area contributed by atoms with Gasteiger partial charge in [-0.2, -0.15) is 0 Å². The van der Waals surface area contributed by atoms with Crippen LogP contribution in [0.5, 0.6) is 0 Å². The summed E-state index contributed by atoms with van der Waals surface area (Å²) in [4.78, 5) is 39.4. The van der Waals surface area contributed by atoms with E-state index in [2.05, 4.69) is 33.3 Å². The van der Waals surface area contributed by atoms with Gasteiger partial charge in [0.05, 0.1) is 5.39 Å². The summed E-state index contributed by atoms with van der Waals surface area (Å²) < 4.78 is 4.10. The highest BCUT2D eigenvalue weighted by Crippen LogP contribution is 2.15. The number of aromatic nitrogens is 4. The molecule has 8 heteroatoms. The number of piperazine rings is 1. The van der Waals surface area contributed by atoms with Crippen molar-refractivity contribution in [1.82, 2.24) is 28.9 Å². The number of pyridine rings is 2. The number of aryl methyl sites for hydroxylation is 2. The number of carbonyl (C=O) groups is 1. The Morgan fingerprint density at radius 2 is 1.84 bits per heavy atom. The van der Waals surface area contributed by atoms with Gasteiger partial charge in [0.25, 0.3) is 5.91 Å². The Morgan fingerprint density at radius 1 is 1.09 bits per heavy atom. The first-order valence-corrected chi connectivity index (χ1v) is 11.4. The zero-order valence-electron chi connectivity index (χ0n) is 19.4. The van der Waals surface area contributed by atoms with Crippen LogP contribution >= 0.6 is 0 Å². The first-order chi connectivity index (χ1) is 15.4. The summed E-state index contributed by atoms with van der Waals surface area (Å²) >= 11 is 0. The molecule has 4 rings (SSSR count). The van der Waals surface area contributed by atoms with E-state index in [9.17, 15) is 9.59 Å². The maximum Gasteiger partial charge on any atom is 0.259 e. The van der Waals surface area contributed by atoms with Gasteiger partial charge >= 0.3 is 0 Å². The van der Waals surface area contributed by atoms with Gasteiger partial charge in [0.15, 0.2) is 0 Å². The minimum Gasteiger partial charge on any atom is -0.336 e. The van der Waals surface area contributed by atoms with E-state index in [1.165, 1.54) is 0 Å². The molecule has 0 saturated carbocycles. The summed E-state index contributed by atoms with van der Waals surface area (Å²) in [7, 11) is 0. The van der Waals surface area contributed by atoms with E-state index in [0.29, 0.717) is 36.6 Å². The van der Waals surface area contributed by atoms with Gasteiger partial charge in [-0.3, -0.25) is 14.5 Å².